The Balaban J connectivity index is 1.86. The van der Waals surface area contributed by atoms with Gasteiger partial charge in [0.15, 0.2) is 0 Å². The van der Waals surface area contributed by atoms with Crippen LogP contribution in [0.15, 0.2) is 30.3 Å². The lowest BCUT2D eigenvalue weighted by atomic mass is 9.83. The van der Waals surface area contributed by atoms with Gasteiger partial charge in [0, 0.05) is 15.6 Å². The molecule has 0 bridgehead atoms. The lowest BCUT2D eigenvalue weighted by molar-refractivity contribution is 0.275. The number of rotatable bonds is 5. The molecule has 1 aliphatic carbocycles. The molecule has 1 aliphatic rings. The molecule has 1 aromatic heterocycles. The third kappa shape index (κ3) is 3.07. The van der Waals surface area contributed by atoms with Crippen LogP contribution in [0.5, 0.6) is 0 Å². The maximum absolute atomic E-state index is 3.83. The van der Waals surface area contributed by atoms with Crippen LogP contribution in [-0.4, -0.2) is 6.54 Å². The van der Waals surface area contributed by atoms with Crippen LogP contribution in [-0.2, 0) is 0 Å². The lowest BCUT2D eigenvalue weighted by Gasteiger charge is -2.30. The molecule has 108 valence electrons. The van der Waals surface area contributed by atoms with E-state index in [0.717, 1.165) is 12.5 Å². The van der Waals surface area contributed by atoms with Crippen LogP contribution < -0.4 is 5.32 Å². The summed E-state index contributed by atoms with van der Waals surface area (Å²) in [6.07, 6.45) is 8.28. The quantitative estimate of drug-likeness (QED) is 0.763. The molecule has 1 heterocycles. The molecule has 2 aromatic rings. The molecular formula is C18H25NS. The van der Waals surface area contributed by atoms with Crippen molar-refractivity contribution in [3.05, 3.63) is 35.2 Å². The van der Waals surface area contributed by atoms with Gasteiger partial charge in [-0.15, -0.1) is 11.3 Å². The minimum Gasteiger partial charge on any atom is -0.309 e. The number of thiophene rings is 1. The van der Waals surface area contributed by atoms with Crippen molar-refractivity contribution in [2.24, 2.45) is 5.92 Å². The van der Waals surface area contributed by atoms with Crippen LogP contribution in [0.4, 0.5) is 0 Å². The summed E-state index contributed by atoms with van der Waals surface area (Å²) >= 11 is 1.99. The first kappa shape index (κ1) is 14.1. The Bertz CT molecular complexity index is 506. The summed E-state index contributed by atoms with van der Waals surface area (Å²) < 4.78 is 1.43. The van der Waals surface area contributed by atoms with Crippen molar-refractivity contribution in [1.82, 2.24) is 5.32 Å². The summed E-state index contributed by atoms with van der Waals surface area (Å²) in [5.74, 6) is 0.836. The molecule has 0 radical (unpaired) electrons. The smallest absolute Gasteiger partial charge is 0.0443 e. The highest BCUT2D eigenvalue weighted by Crippen LogP contribution is 2.39. The van der Waals surface area contributed by atoms with Crippen LogP contribution >= 0.6 is 11.3 Å². The maximum Gasteiger partial charge on any atom is 0.0443 e. The Hall–Kier alpha value is -0.860. The van der Waals surface area contributed by atoms with Gasteiger partial charge in [-0.05, 0) is 49.2 Å². The van der Waals surface area contributed by atoms with Crippen LogP contribution in [0.1, 0.15) is 56.4 Å². The van der Waals surface area contributed by atoms with E-state index in [9.17, 15) is 0 Å². The second-order valence-electron chi connectivity index (χ2n) is 6.02. The molecule has 20 heavy (non-hydrogen) atoms. The van der Waals surface area contributed by atoms with E-state index in [2.05, 4.69) is 42.6 Å². The van der Waals surface area contributed by atoms with E-state index >= 15 is 0 Å². The average Bonchev–Trinajstić information content (AvgIpc) is 2.92. The summed E-state index contributed by atoms with van der Waals surface area (Å²) in [6.45, 7) is 3.39. The summed E-state index contributed by atoms with van der Waals surface area (Å²) in [7, 11) is 0. The predicted octanol–water partition coefficient (Wildman–Crippen LogP) is 5.52. The Morgan fingerprint density at radius 2 is 2.00 bits per heavy atom. The van der Waals surface area contributed by atoms with Gasteiger partial charge in [0.05, 0.1) is 0 Å². The van der Waals surface area contributed by atoms with Crippen molar-refractivity contribution < 1.29 is 0 Å². The number of hydrogen-bond acceptors (Lipinski definition) is 2. The molecule has 1 fully saturated rings. The molecule has 0 saturated heterocycles. The first-order valence-electron chi connectivity index (χ1n) is 8.10. The molecule has 0 aliphatic heterocycles. The first-order chi connectivity index (χ1) is 9.88. The van der Waals surface area contributed by atoms with Gasteiger partial charge < -0.3 is 5.32 Å². The molecule has 1 saturated carbocycles. The van der Waals surface area contributed by atoms with Gasteiger partial charge in [-0.2, -0.15) is 0 Å². The number of hydrogen-bond donors (Lipinski definition) is 1. The third-order valence-electron chi connectivity index (χ3n) is 4.49. The zero-order valence-corrected chi connectivity index (χ0v) is 13.2. The molecule has 1 N–H and O–H groups in total. The van der Waals surface area contributed by atoms with Crippen molar-refractivity contribution >= 4 is 21.4 Å². The van der Waals surface area contributed by atoms with E-state index in [1.807, 2.05) is 11.3 Å². The maximum atomic E-state index is 3.83. The predicted molar refractivity (Wildman–Crippen MR) is 89.4 cm³/mol. The van der Waals surface area contributed by atoms with Gasteiger partial charge >= 0.3 is 0 Å². The standard InChI is InChI=1S/C18H25NS/c1-2-12-19-18(14-8-4-3-5-9-14)17-13-15-10-6-7-11-16(15)20-17/h6-7,10-11,13-14,18-19H,2-5,8-9,12H2,1H3. The van der Waals surface area contributed by atoms with E-state index in [0.29, 0.717) is 6.04 Å². The van der Waals surface area contributed by atoms with Crippen molar-refractivity contribution in [2.75, 3.05) is 6.54 Å². The van der Waals surface area contributed by atoms with Crippen molar-refractivity contribution in [3.63, 3.8) is 0 Å². The normalized spacial score (nSPS) is 18.4. The van der Waals surface area contributed by atoms with Gasteiger partial charge in [0.1, 0.15) is 0 Å². The fourth-order valence-corrected chi connectivity index (χ4v) is 4.66. The van der Waals surface area contributed by atoms with Gasteiger partial charge in [0.2, 0.25) is 0 Å². The van der Waals surface area contributed by atoms with Crippen LogP contribution in [0.3, 0.4) is 0 Å². The van der Waals surface area contributed by atoms with Crippen LogP contribution in [0.25, 0.3) is 10.1 Å². The highest BCUT2D eigenvalue weighted by Gasteiger charge is 2.25. The van der Waals surface area contributed by atoms with Gasteiger partial charge in [-0.1, -0.05) is 44.4 Å². The van der Waals surface area contributed by atoms with E-state index in [1.54, 1.807) is 4.88 Å². The lowest BCUT2D eigenvalue weighted by Crippen LogP contribution is -2.29. The fraction of sp³-hybridized carbons (Fsp3) is 0.556. The highest BCUT2D eigenvalue weighted by atomic mass is 32.1. The van der Waals surface area contributed by atoms with E-state index in [4.69, 9.17) is 0 Å². The van der Waals surface area contributed by atoms with Crippen molar-refractivity contribution in [3.8, 4) is 0 Å². The first-order valence-corrected chi connectivity index (χ1v) is 8.92. The highest BCUT2D eigenvalue weighted by molar-refractivity contribution is 7.19. The monoisotopic (exact) mass is 287 g/mol. The Kier molecular flexibility index (Phi) is 4.74. The van der Waals surface area contributed by atoms with Crippen LogP contribution in [0, 0.1) is 5.92 Å². The number of benzene rings is 1. The molecule has 2 heteroatoms. The largest absolute Gasteiger partial charge is 0.309 e. The Morgan fingerprint density at radius 3 is 2.75 bits per heavy atom. The molecule has 1 aromatic carbocycles. The third-order valence-corrected chi connectivity index (χ3v) is 5.69. The SMILES string of the molecule is CCCNC(c1cc2ccccc2s1)C1CCCCC1. The second kappa shape index (κ2) is 6.73. The van der Waals surface area contributed by atoms with Gasteiger partial charge in [-0.25, -0.2) is 0 Å². The zero-order chi connectivity index (χ0) is 13.8. The molecule has 1 nitrogen and oxygen atoms in total. The topological polar surface area (TPSA) is 12.0 Å². The second-order valence-corrected chi connectivity index (χ2v) is 7.13. The summed E-state index contributed by atoms with van der Waals surface area (Å²) in [4.78, 5) is 1.55. The number of fused-ring (bicyclic) bond motifs is 1. The van der Waals surface area contributed by atoms with E-state index < -0.39 is 0 Å². The Morgan fingerprint density at radius 1 is 1.20 bits per heavy atom. The molecule has 0 spiro atoms. The minimum atomic E-state index is 0.577. The summed E-state index contributed by atoms with van der Waals surface area (Å²) in [5.41, 5.74) is 0. The minimum absolute atomic E-state index is 0.577. The average molecular weight is 287 g/mol. The van der Waals surface area contributed by atoms with Crippen molar-refractivity contribution in [1.29, 1.82) is 0 Å². The molecule has 0 amide bonds. The zero-order valence-electron chi connectivity index (χ0n) is 12.4. The van der Waals surface area contributed by atoms with E-state index in [1.165, 1.54) is 48.6 Å². The van der Waals surface area contributed by atoms with E-state index in [-0.39, 0.29) is 0 Å². The van der Waals surface area contributed by atoms with Gasteiger partial charge in [0.25, 0.3) is 0 Å². The Labute approximate surface area is 126 Å². The summed E-state index contributed by atoms with van der Waals surface area (Å²) in [5, 5.41) is 5.24. The number of nitrogens with one attached hydrogen (secondary N) is 1. The molecule has 1 unspecified atom stereocenters. The van der Waals surface area contributed by atoms with Crippen molar-refractivity contribution in [2.45, 2.75) is 51.5 Å². The molecular weight excluding hydrogens is 262 g/mol. The van der Waals surface area contributed by atoms with Crippen LogP contribution in [0.2, 0.25) is 0 Å². The molecule has 3 rings (SSSR count). The van der Waals surface area contributed by atoms with Gasteiger partial charge in [-0.3, -0.25) is 0 Å². The molecule has 1 atom stereocenters. The fourth-order valence-electron chi connectivity index (χ4n) is 3.42. The summed E-state index contributed by atoms with van der Waals surface area (Å²) in [6, 6.07) is 11.8.